The summed E-state index contributed by atoms with van der Waals surface area (Å²) in [6.07, 6.45) is 0.502. The van der Waals surface area contributed by atoms with Crippen LogP contribution >= 0.6 is 0 Å². The summed E-state index contributed by atoms with van der Waals surface area (Å²) < 4.78 is 0. The summed E-state index contributed by atoms with van der Waals surface area (Å²) in [6, 6.07) is 17.0. The molecule has 0 fully saturated rings. The zero-order valence-electron chi connectivity index (χ0n) is 11.5. The monoisotopic (exact) mass is 269 g/mol. The van der Waals surface area contributed by atoms with Gasteiger partial charge in [0, 0.05) is 12.2 Å². The van der Waals surface area contributed by atoms with Crippen molar-refractivity contribution in [3.63, 3.8) is 0 Å². The van der Waals surface area contributed by atoms with E-state index in [9.17, 15) is 4.79 Å². The van der Waals surface area contributed by atoms with Gasteiger partial charge in [0.1, 0.15) is 0 Å². The summed E-state index contributed by atoms with van der Waals surface area (Å²) in [5, 5.41) is 12.1. The van der Waals surface area contributed by atoms with Crippen LogP contribution in [0.25, 0.3) is 0 Å². The number of aliphatic hydroxyl groups is 1. The maximum atomic E-state index is 12.2. The number of rotatable bonds is 5. The molecule has 0 aliphatic rings. The Morgan fingerprint density at radius 3 is 2.35 bits per heavy atom. The molecule has 0 saturated heterocycles. The Hall–Kier alpha value is -2.13. The highest BCUT2D eigenvalue weighted by Gasteiger charge is 2.14. The third kappa shape index (κ3) is 3.68. The average Bonchev–Trinajstić information content (AvgIpc) is 2.48. The van der Waals surface area contributed by atoms with Gasteiger partial charge < -0.3 is 10.4 Å². The van der Waals surface area contributed by atoms with Crippen LogP contribution in [-0.2, 0) is 0 Å². The van der Waals surface area contributed by atoms with Gasteiger partial charge in [-0.05, 0) is 31.0 Å². The normalized spacial score (nSPS) is 11.9. The molecule has 3 nitrogen and oxygen atoms in total. The second-order valence-electron chi connectivity index (χ2n) is 4.82. The van der Waals surface area contributed by atoms with Gasteiger partial charge in [-0.2, -0.15) is 0 Å². The van der Waals surface area contributed by atoms with Crippen molar-refractivity contribution in [2.45, 2.75) is 19.4 Å². The molecule has 20 heavy (non-hydrogen) atoms. The molecule has 2 N–H and O–H groups in total. The lowest BCUT2D eigenvalue weighted by Crippen LogP contribution is -2.29. The van der Waals surface area contributed by atoms with Gasteiger partial charge in [-0.3, -0.25) is 4.79 Å². The summed E-state index contributed by atoms with van der Waals surface area (Å²) in [7, 11) is 0. The first kappa shape index (κ1) is 14.3. The summed E-state index contributed by atoms with van der Waals surface area (Å²) >= 11 is 0. The van der Waals surface area contributed by atoms with Crippen LogP contribution in [0.15, 0.2) is 54.6 Å². The van der Waals surface area contributed by atoms with E-state index in [4.69, 9.17) is 5.11 Å². The van der Waals surface area contributed by atoms with E-state index in [1.54, 1.807) is 0 Å². The molecular formula is C17H19NO2. The molecule has 0 saturated carbocycles. The number of benzene rings is 2. The molecule has 0 spiro atoms. The van der Waals surface area contributed by atoms with Gasteiger partial charge in [-0.1, -0.05) is 48.0 Å². The van der Waals surface area contributed by atoms with Gasteiger partial charge in [0.15, 0.2) is 0 Å². The van der Waals surface area contributed by atoms with Gasteiger partial charge in [0.2, 0.25) is 0 Å². The Kier molecular flexibility index (Phi) is 4.91. The number of amides is 1. The average molecular weight is 269 g/mol. The third-order valence-electron chi connectivity index (χ3n) is 3.24. The van der Waals surface area contributed by atoms with Crippen LogP contribution in [0.4, 0.5) is 0 Å². The van der Waals surface area contributed by atoms with E-state index in [-0.39, 0.29) is 18.6 Å². The number of nitrogens with one attached hydrogen (secondary N) is 1. The third-order valence-corrected chi connectivity index (χ3v) is 3.24. The molecule has 3 heteroatoms. The Labute approximate surface area is 119 Å². The van der Waals surface area contributed by atoms with E-state index >= 15 is 0 Å². The predicted octanol–water partition coefficient (Wildman–Crippen LogP) is 2.85. The number of hydrogen-bond donors (Lipinski definition) is 2. The molecule has 2 aromatic carbocycles. The number of hydrogen-bond acceptors (Lipinski definition) is 2. The molecule has 1 amide bonds. The van der Waals surface area contributed by atoms with Crippen molar-refractivity contribution >= 4 is 5.91 Å². The topological polar surface area (TPSA) is 49.3 Å². The van der Waals surface area contributed by atoms with Crippen LogP contribution < -0.4 is 5.32 Å². The molecule has 0 aliphatic heterocycles. The van der Waals surface area contributed by atoms with Gasteiger partial charge >= 0.3 is 0 Å². The molecule has 0 aliphatic carbocycles. The van der Waals surface area contributed by atoms with Crippen molar-refractivity contribution in [1.82, 2.24) is 5.32 Å². The largest absolute Gasteiger partial charge is 0.396 e. The molecule has 1 unspecified atom stereocenters. The van der Waals surface area contributed by atoms with Gasteiger partial charge in [0.05, 0.1) is 6.04 Å². The predicted molar refractivity (Wildman–Crippen MR) is 79.5 cm³/mol. The summed E-state index contributed by atoms with van der Waals surface area (Å²) in [4.78, 5) is 12.2. The molecule has 104 valence electrons. The van der Waals surface area contributed by atoms with E-state index in [0.717, 1.165) is 11.1 Å². The van der Waals surface area contributed by atoms with Gasteiger partial charge in [-0.15, -0.1) is 0 Å². The smallest absolute Gasteiger partial charge is 0.251 e. The fourth-order valence-electron chi connectivity index (χ4n) is 2.08. The quantitative estimate of drug-likeness (QED) is 0.877. The van der Waals surface area contributed by atoms with Crippen LogP contribution in [-0.4, -0.2) is 17.6 Å². The zero-order chi connectivity index (χ0) is 14.4. The molecule has 1 atom stereocenters. The number of aliphatic hydroxyl groups excluding tert-OH is 1. The highest BCUT2D eigenvalue weighted by atomic mass is 16.3. The van der Waals surface area contributed by atoms with Crippen molar-refractivity contribution in [3.05, 3.63) is 71.3 Å². The first-order valence-corrected chi connectivity index (χ1v) is 6.74. The van der Waals surface area contributed by atoms with E-state index in [0.29, 0.717) is 12.0 Å². The fourth-order valence-corrected chi connectivity index (χ4v) is 2.08. The maximum absolute atomic E-state index is 12.2. The zero-order valence-corrected chi connectivity index (χ0v) is 11.5. The Bertz CT molecular complexity index is 549. The van der Waals surface area contributed by atoms with Gasteiger partial charge in [0.25, 0.3) is 5.91 Å². The Balaban J connectivity index is 2.12. The van der Waals surface area contributed by atoms with Crippen molar-refractivity contribution < 1.29 is 9.90 Å². The van der Waals surface area contributed by atoms with E-state index in [1.165, 1.54) is 0 Å². The fraction of sp³-hybridized carbons (Fsp3) is 0.235. The van der Waals surface area contributed by atoms with E-state index < -0.39 is 0 Å². The Morgan fingerprint density at radius 2 is 1.75 bits per heavy atom. The SMILES string of the molecule is Cc1ccc(C(=O)NC(CCO)c2ccccc2)cc1. The number of carbonyl (C=O) groups excluding carboxylic acids is 1. The van der Waals surface area contributed by atoms with Crippen LogP contribution in [0.2, 0.25) is 0 Å². The lowest BCUT2D eigenvalue weighted by Gasteiger charge is -2.18. The highest BCUT2D eigenvalue weighted by molar-refractivity contribution is 5.94. The molecule has 0 radical (unpaired) electrons. The summed E-state index contributed by atoms with van der Waals surface area (Å²) in [5.74, 6) is -0.118. The molecule has 0 aromatic heterocycles. The minimum atomic E-state index is -0.171. The van der Waals surface area contributed by atoms with Crippen molar-refractivity contribution in [2.24, 2.45) is 0 Å². The van der Waals surface area contributed by atoms with Crippen molar-refractivity contribution in [1.29, 1.82) is 0 Å². The maximum Gasteiger partial charge on any atom is 0.251 e. The summed E-state index contributed by atoms with van der Waals surface area (Å²) in [6.45, 7) is 2.02. The number of carbonyl (C=O) groups is 1. The van der Waals surface area contributed by atoms with Crippen LogP contribution in [0.1, 0.15) is 33.9 Å². The molecule has 0 bridgehead atoms. The first-order chi connectivity index (χ1) is 9.70. The molecular weight excluding hydrogens is 250 g/mol. The minimum Gasteiger partial charge on any atom is -0.396 e. The van der Waals surface area contributed by atoms with E-state index in [2.05, 4.69) is 5.32 Å². The Morgan fingerprint density at radius 1 is 1.10 bits per heavy atom. The molecule has 0 heterocycles. The van der Waals surface area contributed by atoms with Crippen molar-refractivity contribution in [3.8, 4) is 0 Å². The first-order valence-electron chi connectivity index (χ1n) is 6.74. The van der Waals surface area contributed by atoms with Crippen LogP contribution in [0.3, 0.4) is 0 Å². The van der Waals surface area contributed by atoms with E-state index in [1.807, 2.05) is 61.5 Å². The van der Waals surface area contributed by atoms with Gasteiger partial charge in [-0.25, -0.2) is 0 Å². The second-order valence-corrected chi connectivity index (χ2v) is 4.82. The summed E-state index contributed by atoms with van der Waals surface area (Å²) in [5.41, 5.74) is 2.76. The highest BCUT2D eigenvalue weighted by Crippen LogP contribution is 2.17. The lowest BCUT2D eigenvalue weighted by molar-refractivity contribution is 0.0930. The van der Waals surface area contributed by atoms with Crippen LogP contribution in [0.5, 0.6) is 0 Å². The lowest BCUT2D eigenvalue weighted by atomic mass is 10.0. The van der Waals surface area contributed by atoms with Crippen LogP contribution in [0, 0.1) is 6.92 Å². The molecule has 2 aromatic rings. The molecule has 2 rings (SSSR count). The standard InChI is InChI=1S/C17H19NO2/c1-13-7-9-15(10-8-13)17(20)18-16(11-12-19)14-5-3-2-4-6-14/h2-10,16,19H,11-12H2,1H3,(H,18,20). The minimum absolute atomic E-state index is 0.0355. The van der Waals surface area contributed by atoms with Crippen molar-refractivity contribution in [2.75, 3.05) is 6.61 Å². The second kappa shape index (κ2) is 6.87. The number of aryl methyl sites for hydroxylation is 1.